The van der Waals surface area contributed by atoms with Gasteiger partial charge in [0, 0.05) is 5.56 Å². The molecule has 0 fully saturated rings. The molecule has 0 radical (unpaired) electrons. The number of hydrogen-bond donors (Lipinski definition) is 0. The number of ether oxygens (including phenoxy) is 1. The summed E-state index contributed by atoms with van der Waals surface area (Å²) in [6.45, 7) is 3.44. The van der Waals surface area contributed by atoms with E-state index in [-0.39, 0.29) is 11.3 Å². The molecule has 3 aromatic carbocycles. The zero-order valence-electron chi connectivity index (χ0n) is 17.0. The molecule has 0 bridgehead atoms. The summed E-state index contributed by atoms with van der Waals surface area (Å²) in [6, 6.07) is 19.6. The van der Waals surface area contributed by atoms with Crippen molar-refractivity contribution < 1.29 is 23.9 Å². The zero-order chi connectivity index (χ0) is 22.1. The van der Waals surface area contributed by atoms with Crippen molar-refractivity contribution in [2.45, 2.75) is 20.0 Å². The number of carbonyl (C=O) groups is 4. The zero-order valence-corrected chi connectivity index (χ0v) is 17.0. The Morgan fingerprint density at radius 1 is 0.774 bits per heavy atom. The molecule has 2 amide bonds. The second-order valence-electron chi connectivity index (χ2n) is 7.32. The average Bonchev–Trinajstić information content (AvgIpc) is 3.04. The van der Waals surface area contributed by atoms with Gasteiger partial charge in [-0.2, -0.15) is 0 Å². The van der Waals surface area contributed by atoms with E-state index in [1.807, 2.05) is 19.1 Å². The van der Waals surface area contributed by atoms with Gasteiger partial charge in [-0.3, -0.25) is 14.4 Å². The van der Waals surface area contributed by atoms with Crippen molar-refractivity contribution in [3.63, 3.8) is 0 Å². The van der Waals surface area contributed by atoms with Crippen molar-refractivity contribution in [2.75, 3.05) is 4.90 Å². The third kappa shape index (κ3) is 3.75. The highest BCUT2D eigenvalue weighted by atomic mass is 16.5. The van der Waals surface area contributed by atoms with Gasteiger partial charge < -0.3 is 4.74 Å². The van der Waals surface area contributed by atoms with Gasteiger partial charge in [0.05, 0.1) is 22.4 Å². The standard InChI is InChI=1S/C25H19NO5/c1-15-7-9-17(10-8-15)22(27)16(2)31-25(30)18-11-13-19(14-12-18)26-23(28)20-5-3-4-6-21(20)24(26)29/h3-14,16H,1-2H3. The van der Waals surface area contributed by atoms with Crippen molar-refractivity contribution in [1.82, 2.24) is 0 Å². The SMILES string of the molecule is Cc1ccc(C(=O)C(C)OC(=O)c2ccc(N3C(=O)c4ccccc4C3=O)cc2)cc1. The summed E-state index contributed by atoms with van der Waals surface area (Å²) >= 11 is 0. The van der Waals surface area contributed by atoms with Crippen LogP contribution in [0.2, 0.25) is 0 Å². The number of esters is 1. The molecular formula is C25H19NO5. The Labute approximate surface area is 179 Å². The van der Waals surface area contributed by atoms with Crippen molar-refractivity contribution in [3.05, 3.63) is 101 Å². The lowest BCUT2D eigenvalue weighted by Gasteiger charge is -2.15. The van der Waals surface area contributed by atoms with Crippen LogP contribution in [0.5, 0.6) is 0 Å². The Morgan fingerprint density at radius 2 is 1.29 bits per heavy atom. The molecule has 0 aliphatic carbocycles. The first-order valence-electron chi connectivity index (χ1n) is 9.76. The maximum absolute atomic E-state index is 12.6. The number of anilines is 1. The first-order valence-corrected chi connectivity index (χ1v) is 9.76. The molecule has 4 rings (SSSR count). The maximum Gasteiger partial charge on any atom is 0.338 e. The molecular weight excluding hydrogens is 394 g/mol. The second-order valence-corrected chi connectivity index (χ2v) is 7.32. The van der Waals surface area contributed by atoms with Crippen LogP contribution in [0.3, 0.4) is 0 Å². The van der Waals surface area contributed by atoms with Gasteiger partial charge in [-0.15, -0.1) is 0 Å². The van der Waals surface area contributed by atoms with E-state index < -0.39 is 23.9 Å². The van der Waals surface area contributed by atoms with Gasteiger partial charge in [-0.25, -0.2) is 9.69 Å². The van der Waals surface area contributed by atoms with Gasteiger partial charge in [0.2, 0.25) is 5.78 Å². The Morgan fingerprint density at radius 3 is 1.84 bits per heavy atom. The monoisotopic (exact) mass is 413 g/mol. The van der Waals surface area contributed by atoms with E-state index in [4.69, 9.17) is 4.74 Å². The van der Waals surface area contributed by atoms with Crippen LogP contribution in [0.25, 0.3) is 0 Å². The lowest BCUT2D eigenvalue weighted by Crippen LogP contribution is -2.29. The predicted molar refractivity (Wildman–Crippen MR) is 114 cm³/mol. The summed E-state index contributed by atoms with van der Waals surface area (Å²) in [5.41, 5.74) is 2.75. The molecule has 1 atom stereocenters. The summed E-state index contributed by atoms with van der Waals surface area (Å²) in [7, 11) is 0. The summed E-state index contributed by atoms with van der Waals surface area (Å²) in [5.74, 6) is -1.78. The van der Waals surface area contributed by atoms with Crippen LogP contribution >= 0.6 is 0 Å². The molecule has 3 aromatic rings. The lowest BCUT2D eigenvalue weighted by molar-refractivity contribution is 0.0319. The third-order valence-corrected chi connectivity index (χ3v) is 5.14. The highest BCUT2D eigenvalue weighted by molar-refractivity contribution is 6.34. The van der Waals surface area contributed by atoms with Crippen LogP contribution in [0.1, 0.15) is 53.9 Å². The van der Waals surface area contributed by atoms with Gasteiger partial charge in [0.25, 0.3) is 11.8 Å². The highest BCUT2D eigenvalue weighted by Crippen LogP contribution is 2.28. The van der Waals surface area contributed by atoms with Gasteiger partial charge in [0.1, 0.15) is 0 Å². The lowest BCUT2D eigenvalue weighted by atomic mass is 10.1. The van der Waals surface area contributed by atoms with Crippen molar-refractivity contribution in [2.24, 2.45) is 0 Å². The van der Waals surface area contributed by atoms with E-state index in [1.54, 1.807) is 36.4 Å². The molecule has 0 saturated heterocycles. The number of Topliss-reactive ketones (excluding diaryl/α,β-unsaturated/α-hetero) is 1. The van der Waals surface area contributed by atoms with Gasteiger partial charge in [0.15, 0.2) is 6.10 Å². The fraction of sp³-hybridized carbons (Fsp3) is 0.120. The Kier molecular flexibility index (Phi) is 5.21. The fourth-order valence-electron chi connectivity index (χ4n) is 3.40. The van der Waals surface area contributed by atoms with E-state index >= 15 is 0 Å². The van der Waals surface area contributed by atoms with Gasteiger partial charge in [-0.1, -0.05) is 42.0 Å². The first-order chi connectivity index (χ1) is 14.9. The number of hydrogen-bond acceptors (Lipinski definition) is 5. The summed E-state index contributed by atoms with van der Waals surface area (Å²) in [5, 5.41) is 0. The van der Waals surface area contributed by atoms with E-state index in [1.165, 1.54) is 31.2 Å². The smallest absolute Gasteiger partial charge is 0.338 e. The molecule has 1 aliphatic rings. The molecule has 31 heavy (non-hydrogen) atoms. The van der Waals surface area contributed by atoms with Crippen LogP contribution in [0.4, 0.5) is 5.69 Å². The number of ketones is 1. The minimum atomic E-state index is -0.953. The number of carbonyl (C=O) groups excluding carboxylic acids is 4. The number of fused-ring (bicyclic) bond motifs is 1. The number of imide groups is 1. The largest absolute Gasteiger partial charge is 0.451 e. The number of benzene rings is 3. The minimum absolute atomic E-state index is 0.212. The molecule has 1 aliphatic heterocycles. The number of nitrogens with zero attached hydrogens (tertiary/aromatic N) is 1. The molecule has 154 valence electrons. The first kappa shape index (κ1) is 20.2. The van der Waals surface area contributed by atoms with Gasteiger partial charge in [-0.05, 0) is 50.2 Å². The van der Waals surface area contributed by atoms with Crippen LogP contribution in [0.15, 0.2) is 72.8 Å². The summed E-state index contributed by atoms with van der Waals surface area (Å²) in [6.07, 6.45) is -0.953. The Hall–Kier alpha value is -4.06. The quantitative estimate of drug-likeness (QED) is 0.355. The van der Waals surface area contributed by atoms with Crippen molar-refractivity contribution in [3.8, 4) is 0 Å². The Bertz CT molecular complexity index is 1160. The molecule has 0 spiro atoms. The summed E-state index contributed by atoms with van der Waals surface area (Å²) < 4.78 is 5.31. The van der Waals surface area contributed by atoms with Crippen molar-refractivity contribution >= 4 is 29.3 Å². The fourth-order valence-corrected chi connectivity index (χ4v) is 3.40. The molecule has 6 nitrogen and oxygen atoms in total. The molecule has 0 N–H and O–H groups in total. The second kappa shape index (κ2) is 7.99. The van der Waals surface area contributed by atoms with E-state index in [0.29, 0.717) is 22.4 Å². The van der Waals surface area contributed by atoms with Gasteiger partial charge >= 0.3 is 5.97 Å². The molecule has 0 saturated carbocycles. The van der Waals surface area contributed by atoms with Crippen molar-refractivity contribution in [1.29, 1.82) is 0 Å². The van der Waals surface area contributed by atoms with Crippen LogP contribution in [-0.4, -0.2) is 29.7 Å². The number of aryl methyl sites for hydroxylation is 1. The molecule has 0 aromatic heterocycles. The normalized spacial score (nSPS) is 13.7. The summed E-state index contributed by atoms with van der Waals surface area (Å²) in [4.78, 5) is 51.2. The van der Waals surface area contributed by atoms with E-state index in [9.17, 15) is 19.2 Å². The predicted octanol–water partition coefficient (Wildman–Crippen LogP) is 4.22. The minimum Gasteiger partial charge on any atom is -0.451 e. The maximum atomic E-state index is 12.6. The Balaban J connectivity index is 1.46. The van der Waals surface area contributed by atoms with Crippen LogP contribution < -0.4 is 4.90 Å². The number of amides is 2. The average molecular weight is 413 g/mol. The molecule has 6 heteroatoms. The topological polar surface area (TPSA) is 80.8 Å². The van der Waals surface area contributed by atoms with E-state index in [0.717, 1.165) is 10.5 Å². The van der Waals surface area contributed by atoms with E-state index in [2.05, 4.69) is 0 Å². The van der Waals surface area contributed by atoms with Crippen LogP contribution in [-0.2, 0) is 4.74 Å². The molecule has 1 unspecified atom stereocenters. The third-order valence-electron chi connectivity index (χ3n) is 5.14. The highest BCUT2D eigenvalue weighted by Gasteiger charge is 2.36. The molecule has 1 heterocycles. The van der Waals surface area contributed by atoms with Crippen LogP contribution in [0, 0.1) is 6.92 Å². The number of rotatable bonds is 5.